The van der Waals surface area contributed by atoms with E-state index in [0.29, 0.717) is 0 Å². The second-order valence-electron chi connectivity index (χ2n) is 6.16. The molecule has 1 saturated heterocycles. The Morgan fingerprint density at radius 2 is 1.56 bits per heavy atom. The molecule has 0 aromatic heterocycles. The Kier molecular flexibility index (Phi) is 3.10. The third-order valence-corrected chi connectivity index (χ3v) is 3.99. The monoisotopic (exact) mass is 262 g/mol. The number of halogens is 3. The van der Waals surface area contributed by atoms with Gasteiger partial charge in [-0.1, -0.05) is 6.08 Å². The molecular weight excluding hydrogens is 244 g/mol. The van der Waals surface area contributed by atoms with Crippen LogP contribution < -0.4 is 0 Å². The average Bonchev–Trinajstić information content (AvgIpc) is 2.33. The van der Waals surface area contributed by atoms with Crippen LogP contribution in [0.1, 0.15) is 40.5 Å². The molecule has 0 radical (unpaired) electrons. The minimum atomic E-state index is -2.64. The van der Waals surface area contributed by atoms with Crippen molar-refractivity contribution in [3.8, 4) is 0 Å². The van der Waals surface area contributed by atoms with Crippen molar-refractivity contribution in [1.82, 2.24) is 0 Å². The predicted molar refractivity (Wildman–Crippen MR) is 62.9 cm³/mol. The van der Waals surface area contributed by atoms with E-state index >= 15 is 0 Å². The molecule has 2 nitrogen and oxygen atoms in total. The number of alkyl halides is 2. The maximum Gasteiger partial charge on any atom is 0.524 e. The number of allylic oxidation sites excluding steroid dienone is 1. The summed E-state index contributed by atoms with van der Waals surface area (Å²) in [4.78, 5) is 0. The van der Waals surface area contributed by atoms with E-state index in [0.717, 1.165) is 0 Å². The Labute approximate surface area is 106 Å². The Hall–Kier alpha value is -0.485. The summed E-state index contributed by atoms with van der Waals surface area (Å²) in [6, 6.07) is 0. The first-order valence-corrected chi connectivity index (χ1v) is 6.13. The lowest BCUT2D eigenvalue weighted by atomic mass is 9.77. The lowest BCUT2D eigenvalue weighted by molar-refractivity contribution is -0.0965. The SMILES string of the molecule is CC1(C)OB(C(F)=CC2CC(F)(F)C2)OC1(C)C. The summed E-state index contributed by atoms with van der Waals surface area (Å²) in [7, 11) is -1.08. The normalized spacial score (nSPS) is 30.4. The molecule has 0 atom stereocenters. The van der Waals surface area contributed by atoms with Crippen LogP contribution in [0.5, 0.6) is 0 Å². The molecule has 1 aliphatic heterocycles. The smallest absolute Gasteiger partial charge is 0.398 e. The number of hydrogen-bond donors (Lipinski definition) is 0. The molecule has 2 rings (SSSR count). The highest BCUT2D eigenvalue weighted by Gasteiger charge is 2.53. The van der Waals surface area contributed by atoms with Gasteiger partial charge in [-0.15, -0.1) is 0 Å². The molecule has 102 valence electrons. The summed E-state index contributed by atoms with van der Waals surface area (Å²) >= 11 is 0. The van der Waals surface area contributed by atoms with Crippen molar-refractivity contribution in [2.75, 3.05) is 0 Å². The highest BCUT2D eigenvalue weighted by molar-refractivity contribution is 6.53. The summed E-state index contributed by atoms with van der Waals surface area (Å²) in [5.74, 6) is -3.06. The van der Waals surface area contributed by atoms with Crippen molar-refractivity contribution >= 4 is 7.12 Å². The van der Waals surface area contributed by atoms with Crippen LogP contribution in [0.15, 0.2) is 11.8 Å². The zero-order valence-corrected chi connectivity index (χ0v) is 11.1. The van der Waals surface area contributed by atoms with Crippen LogP contribution >= 0.6 is 0 Å². The lowest BCUT2D eigenvalue weighted by Gasteiger charge is -2.32. The summed E-state index contributed by atoms with van der Waals surface area (Å²) in [6.45, 7) is 7.27. The van der Waals surface area contributed by atoms with Gasteiger partial charge in [0.2, 0.25) is 5.92 Å². The second kappa shape index (κ2) is 4.00. The van der Waals surface area contributed by atoms with Crippen LogP contribution in [0.3, 0.4) is 0 Å². The maximum absolute atomic E-state index is 13.9. The molecule has 0 amide bonds. The van der Waals surface area contributed by atoms with E-state index in [4.69, 9.17) is 9.31 Å². The van der Waals surface area contributed by atoms with E-state index in [9.17, 15) is 13.2 Å². The van der Waals surface area contributed by atoms with Gasteiger partial charge in [0.25, 0.3) is 0 Å². The van der Waals surface area contributed by atoms with Crippen LogP contribution in [0, 0.1) is 5.92 Å². The Balaban J connectivity index is 2.00. The van der Waals surface area contributed by atoms with Gasteiger partial charge < -0.3 is 9.31 Å². The second-order valence-corrected chi connectivity index (χ2v) is 6.16. The van der Waals surface area contributed by atoms with Crippen molar-refractivity contribution in [1.29, 1.82) is 0 Å². The van der Waals surface area contributed by atoms with Crippen molar-refractivity contribution in [3.05, 3.63) is 11.8 Å². The highest BCUT2D eigenvalue weighted by Crippen LogP contribution is 2.45. The van der Waals surface area contributed by atoms with Gasteiger partial charge in [-0.25, -0.2) is 13.2 Å². The lowest BCUT2D eigenvalue weighted by Crippen LogP contribution is -2.41. The Morgan fingerprint density at radius 3 is 1.94 bits per heavy atom. The van der Waals surface area contributed by atoms with Crippen molar-refractivity contribution in [3.63, 3.8) is 0 Å². The fourth-order valence-electron chi connectivity index (χ4n) is 2.08. The number of hydrogen-bond acceptors (Lipinski definition) is 2. The van der Waals surface area contributed by atoms with Gasteiger partial charge >= 0.3 is 7.12 Å². The molecule has 6 heteroatoms. The van der Waals surface area contributed by atoms with Gasteiger partial charge in [-0.2, -0.15) is 0 Å². The van der Waals surface area contributed by atoms with Crippen LogP contribution in [0.25, 0.3) is 0 Å². The van der Waals surface area contributed by atoms with Gasteiger partial charge in [0.15, 0.2) is 0 Å². The summed E-state index contributed by atoms with van der Waals surface area (Å²) < 4.78 is 50.2. The zero-order valence-electron chi connectivity index (χ0n) is 11.1. The Morgan fingerprint density at radius 1 is 1.11 bits per heavy atom. The molecule has 1 saturated carbocycles. The number of rotatable bonds is 2. The molecule has 1 heterocycles. The van der Waals surface area contributed by atoms with E-state index in [1.54, 1.807) is 0 Å². The van der Waals surface area contributed by atoms with Crippen LogP contribution in [-0.4, -0.2) is 24.2 Å². The minimum absolute atomic E-state index is 0.292. The summed E-state index contributed by atoms with van der Waals surface area (Å²) in [5.41, 5.74) is -1.84. The molecule has 0 aromatic rings. The standard InChI is InChI=1S/C12H18BF3O2/c1-10(2)11(3,4)18-13(17-10)9(14)5-8-6-12(15,16)7-8/h5,8H,6-7H2,1-4H3. The van der Waals surface area contributed by atoms with E-state index < -0.39 is 35.9 Å². The first kappa shape index (κ1) is 13.9. The molecule has 0 N–H and O–H groups in total. The van der Waals surface area contributed by atoms with E-state index in [1.807, 2.05) is 27.7 Å². The molecule has 0 spiro atoms. The molecule has 0 aromatic carbocycles. The molecule has 2 aliphatic rings. The average molecular weight is 262 g/mol. The molecular formula is C12H18BF3O2. The van der Waals surface area contributed by atoms with Crippen LogP contribution in [0.2, 0.25) is 0 Å². The van der Waals surface area contributed by atoms with Gasteiger partial charge in [-0.05, 0) is 33.6 Å². The highest BCUT2D eigenvalue weighted by atomic mass is 19.3. The minimum Gasteiger partial charge on any atom is -0.398 e. The topological polar surface area (TPSA) is 18.5 Å². The van der Waals surface area contributed by atoms with Crippen molar-refractivity contribution in [2.24, 2.45) is 5.92 Å². The molecule has 2 fully saturated rings. The van der Waals surface area contributed by atoms with Crippen molar-refractivity contribution in [2.45, 2.75) is 57.7 Å². The third kappa shape index (κ3) is 2.45. The van der Waals surface area contributed by atoms with E-state index in [1.165, 1.54) is 6.08 Å². The van der Waals surface area contributed by atoms with Crippen LogP contribution in [-0.2, 0) is 9.31 Å². The molecule has 0 unspecified atom stereocenters. The van der Waals surface area contributed by atoms with E-state index in [-0.39, 0.29) is 12.8 Å². The summed E-state index contributed by atoms with van der Waals surface area (Å²) in [6.07, 6.45) is 0.624. The van der Waals surface area contributed by atoms with Gasteiger partial charge in [0.1, 0.15) is 5.73 Å². The quantitative estimate of drug-likeness (QED) is 0.709. The fourth-order valence-corrected chi connectivity index (χ4v) is 2.08. The van der Waals surface area contributed by atoms with Gasteiger partial charge in [0.05, 0.1) is 11.2 Å². The molecule has 1 aliphatic carbocycles. The fraction of sp³-hybridized carbons (Fsp3) is 0.833. The maximum atomic E-state index is 13.9. The van der Waals surface area contributed by atoms with Gasteiger partial charge in [-0.3, -0.25) is 0 Å². The first-order chi connectivity index (χ1) is 8.02. The van der Waals surface area contributed by atoms with Crippen LogP contribution in [0.4, 0.5) is 13.2 Å². The predicted octanol–water partition coefficient (Wildman–Crippen LogP) is 3.52. The third-order valence-electron chi connectivity index (χ3n) is 3.99. The zero-order chi connectivity index (χ0) is 13.8. The summed E-state index contributed by atoms with van der Waals surface area (Å²) in [5, 5.41) is 0. The largest absolute Gasteiger partial charge is 0.524 e. The van der Waals surface area contributed by atoms with Crippen molar-refractivity contribution < 1.29 is 22.5 Å². The van der Waals surface area contributed by atoms with Gasteiger partial charge in [0, 0.05) is 12.8 Å². The molecule has 18 heavy (non-hydrogen) atoms. The first-order valence-electron chi connectivity index (χ1n) is 6.13. The molecule has 0 bridgehead atoms. The Bertz CT molecular complexity index is 356. The van der Waals surface area contributed by atoms with E-state index in [2.05, 4.69) is 0 Å².